The largest absolute Gasteiger partial charge is 0.360 e. The fourth-order valence-corrected chi connectivity index (χ4v) is 2.63. The number of nitrogens with one attached hydrogen (secondary N) is 1. The van der Waals surface area contributed by atoms with Crippen LogP contribution in [0.3, 0.4) is 0 Å². The van der Waals surface area contributed by atoms with Gasteiger partial charge in [0.1, 0.15) is 5.82 Å². The maximum absolute atomic E-state index is 13.4. The maximum Gasteiger partial charge on any atom is 0.195 e. The van der Waals surface area contributed by atoms with E-state index in [1.165, 1.54) is 12.1 Å². The predicted molar refractivity (Wildman–Crippen MR) is 80.6 cm³/mol. The quantitative estimate of drug-likeness (QED) is 0.683. The van der Waals surface area contributed by atoms with Crippen LogP contribution in [0, 0.1) is 12.7 Å². The molecule has 3 rings (SSSR count). The van der Waals surface area contributed by atoms with Gasteiger partial charge in [0.25, 0.3) is 0 Å². The molecule has 0 amide bonds. The van der Waals surface area contributed by atoms with Crippen molar-refractivity contribution < 1.29 is 9.18 Å². The third kappa shape index (κ3) is 2.16. The summed E-state index contributed by atoms with van der Waals surface area (Å²) in [5.74, 6) is -0.577. The van der Waals surface area contributed by atoms with Crippen molar-refractivity contribution >= 4 is 32.6 Å². The van der Waals surface area contributed by atoms with Crippen LogP contribution in [0.2, 0.25) is 0 Å². The monoisotopic (exact) mass is 331 g/mol. The smallest absolute Gasteiger partial charge is 0.195 e. The van der Waals surface area contributed by atoms with Gasteiger partial charge in [-0.15, -0.1) is 0 Å². The number of hydrogen-bond donors (Lipinski definition) is 1. The summed E-state index contributed by atoms with van der Waals surface area (Å²) >= 11 is 3.40. The fourth-order valence-electron chi connectivity index (χ4n) is 2.26. The maximum atomic E-state index is 13.4. The van der Waals surface area contributed by atoms with E-state index in [1.807, 2.05) is 18.2 Å². The van der Waals surface area contributed by atoms with Crippen molar-refractivity contribution in [3.8, 4) is 0 Å². The Balaban J connectivity index is 2.17. The molecule has 0 unspecified atom stereocenters. The molecule has 1 N–H and O–H groups in total. The van der Waals surface area contributed by atoms with Gasteiger partial charge in [0.2, 0.25) is 0 Å². The molecule has 0 fully saturated rings. The molecule has 1 aromatic heterocycles. The lowest BCUT2D eigenvalue weighted by molar-refractivity contribution is 0.103. The average Bonchev–Trinajstić information content (AvgIpc) is 2.83. The molecule has 0 aliphatic rings. The van der Waals surface area contributed by atoms with Crippen LogP contribution in [-0.2, 0) is 0 Å². The van der Waals surface area contributed by atoms with Crippen LogP contribution in [0.1, 0.15) is 21.5 Å². The van der Waals surface area contributed by atoms with E-state index in [2.05, 4.69) is 20.9 Å². The Morgan fingerprint density at radius 2 is 1.95 bits per heavy atom. The van der Waals surface area contributed by atoms with E-state index in [0.717, 1.165) is 20.9 Å². The normalized spacial score (nSPS) is 10.9. The van der Waals surface area contributed by atoms with E-state index in [0.29, 0.717) is 11.1 Å². The minimum absolute atomic E-state index is 0.175. The third-order valence-electron chi connectivity index (χ3n) is 3.33. The summed E-state index contributed by atoms with van der Waals surface area (Å²) < 4.78 is 14.3. The highest BCUT2D eigenvalue weighted by atomic mass is 79.9. The minimum atomic E-state index is -0.403. The van der Waals surface area contributed by atoms with Crippen molar-refractivity contribution in [3.63, 3.8) is 0 Å². The van der Waals surface area contributed by atoms with E-state index in [-0.39, 0.29) is 5.78 Å². The van der Waals surface area contributed by atoms with Crippen molar-refractivity contribution in [1.82, 2.24) is 4.98 Å². The van der Waals surface area contributed by atoms with Crippen molar-refractivity contribution in [3.05, 3.63) is 69.6 Å². The number of rotatable bonds is 2. The standard InChI is InChI=1S/C16H11BrFNO/c1-9-2-4-11(18)7-12(9)16(20)14-8-19-15-5-3-10(17)6-13(14)15/h2-8,19H,1H3. The lowest BCUT2D eigenvalue weighted by atomic mass is 9.98. The highest BCUT2D eigenvalue weighted by Crippen LogP contribution is 2.25. The average molecular weight is 332 g/mol. The van der Waals surface area contributed by atoms with Gasteiger partial charge in [0, 0.05) is 32.7 Å². The molecular weight excluding hydrogens is 321 g/mol. The van der Waals surface area contributed by atoms with E-state index >= 15 is 0 Å². The molecule has 20 heavy (non-hydrogen) atoms. The second-order valence-corrected chi connectivity index (χ2v) is 5.60. The van der Waals surface area contributed by atoms with Gasteiger partial charge in [0.05, 0.1) is 0 Å². The molecular formula is C16H11BrFNO. The van der Waals surface area contributed by atoms with Crippen LogP contribution in [0.25, 0.3) is 10.9 Å². The number of aryl methyl sites for hydroxylation is 1. The molecule has 0 radical (unpaired) electrons. The lowest BCUT2D eigenvalue weighted by Gasteiger charge is -2.04. The van der Waals surface area contributed by atoms with Crippen LogP contribution in [0.15, 0.2) is 47.1 Å². The van der Waals surface area contributed by atoms with E-state index in [9.17, 15) is 9.18 Å². The number of ketones is 1. The minimum Gasteiger partial charge on any atom is -0.360 e. The number of halogens is 2. The Kier molecular flexibility index (Phi) is 3.18. The Morgan fingerprint density at radius 1 is 1.15 bits per heavy atom. The van der Waals surface area contributed by atoms with Gasteiger partial charge in [-0.1, -0.05) is 22.0 Å². The Labute approximate surface area is 123 Å². The van der Waals surface area contributed by atoms with Gasteiger partial charge in [-0.25, -0.2) is 4.39 Å². The zero-order valence-electron chi connectivity index (χ0n) is 10.7. The molecule has 0 saturated heterocycles. The van der Waals surface area contributed by atoms with Crippen LogP contribution < -0.4 is 0 Å². The first-order valence-electron chi connectivity index (χ1n) is 6.14. The van der Waals surface area contributed by atoms with Crippen molar-refractivity contribution in [2.24, 2.45) is 0 Å². The lowest BCUT2D eigenvalue weighted by Crippen LogP contribution is -2.03. The van der Waals surface area contributed by atoms with E-state index in [4.69, 9.17) is 0 Å². The van der Waals surface area contributed by atoms with Crippen molar-refractivity contribution in [1.29, 1.82) is 0 Å². The zero-order valence-corrected chi connectivity index (χ0v) is 12.3. The number of hydrogen-bond acceptors (Lipinski definition) is 1. The van der Waals surface area contributed by atoms with Crippen LogP contribution in [-0.4, -0.2) is 10.8 Å². The molecule has 0 aliphatic heterocycles. The predicted octanol–water partition coefficient (Wildman–Crippen LogP) is 4.61. The summed E-state index contributed by atoms with van der Waals surface area (Å²) in [6, 6.07) is 9.95. The first-order valence-corrected chi connectivity index (χ1v) is 6.93. The van der Waals surface area contributed by atoms with Crippen molar-refractivity contribution in [2.75, 3.05) is 0 Å². The molecule has 0 spiro atoms. The first kappa shape index (κ1) is 13.1. The molecule has 2 aromatic carbocycles. The summed E-state index contributed by atoms with van der Waals surface area (Å²) in [6.45, 7) is 1.80. The molecule has 0 atom stereocenters. The molecule has 1 heterocycles. The van der Waals surface area contributed by atoms with Crippen LogP contribution in [0.4, 0.5) is 4.39 Å². The van der Waals surface area contributed by atoms with Crippen molar-refractivity contribution in [2.45, 2.75) is 6.92 Å². The summed E-state index contributed by atoms with van der Waals surface area (Å²) in [4.78, 5) is 15.7. The van der Waals surface area contributed by atoms with Gasteiger partial charge in [0.15, 0.2) is 5.78 Å². The zero-order chi connectivity index (χ0) is 14.3. The fraction of sp³-hybridized carbons (Fsp3) is 0.0625. The van der Waals surface area contributed by atoms with E-state index in [1.54, 1.807) is 19.2 Å². The summed E-state index contributed by atoms with van der Waals surface area (Å²) in [5, 5.41) is 0.827. The van der Waals surface area contributed by atoms with Crippen LogP contribution in [0.5, 0.6) is 0 Å². The number of carbonyl (C=O) groups excluding carboxylic acids is 1. The van der Waals surface area contributed by atoms with Gasteiger partial charge in [-0.2, -0.15) is 0 Å². The van der Waals surface area contributed by atoms with Gasteiger partial charge >= 0.3 is 0 Å². The topological polar surface area (TPSA) is 32.9 Å². The number of aromatic amines is 1. The molecule has 0 bridgehead atoms. The molecule has 0 aliphatic carbocycles. The van der Waals surface area contributed by atoms with Gasteiger partial charge in [-0.3, -0.25) is 4.79 Å². The summed E-state index contributed by atoms with van der Waals surface area (Å²) in [6.07, 6.45) is 1.67. The second kappa shape index (κ2) is 4.87. The highest BCUT2D eigenvalue weighted by molar-refractivity contribution is 9.10. The highest BCUT2D eigenvalue weighted by Gasteiger charge is 2.16. The van der Waals surface area contributed by atoms with Gasteiger partial charge in [-0.05, 0) is 42.8 Å². The Morgan fingerprint density at radius 3 is 2.75 bits per heavy atom. The number of fused-ring (bicyclic) bond motifs is 1. The number of aromatic nitrogens is 1. The van der Waals surface area contributed by atoms with Gasteiger partial charge < -0.3 is 4.98 Å². The molecule has 2 nitrogen and oxygen atoms in total. The summed E-state index contributed by atoms with van der Waals surface area (Å²) in [7, 11) is 0. The SMILES string of the molecule is Cc1ccc(F)cc1C(=O)c1c[nH]c2ccc(Br)cc12. The molecule has 100 valence electrons. The van der Waals surface area contributed by atoms with E-state index < -0.39 is 5.82 Å². The molecule has 0 saturated carbocycles. The molecule has 4 heteroatoms. The molecule has 3 aromatic rings. The number of H-pyrrole nitrogens is 1. The summed E-state index contributed by atoms with van der Waals surface area (Å²) in [5.41, 5.74) is 2.59. The number of carbonyl (C=O) groups is 1. The van der Waals surface area contributed by atoms with Crippen LogP contribution >= 0.6 is 15.9 Å². The third-order valence-corrected chi connectivity index (χ3v) is 3.83. The Bertz CT molecular complexity index is 822. The number of benzene rings is 2. The first-order chi connectivity index (χ1) is 9.56. The Hall–Kier alpha value is -1.94. The second-order valence-electron chi connectivity index (χ2n) is 4.68.